The van der Waals surface area contributed by atoms with Crippen molar-refractivity contribution in [3.8, 4) is 0 Å². The molecule has 0 radical (unpaired) electrons. The predicted octanol–water partition coefficient (Wildman–Crippen LogP) is 3.52. The highest BCUT2D eigenvalue weighted by Crippen LogP contribution is 2.29. The molecular weight excluding hydrogens is 831 g/mol. The Labute approximate surface area is 240 Å². The number of hydrogen-bond donors (Lipinski definition) is 0. The lowest BCUT2D eigenvalue weighted by atomic mass is 10.2. The monoisotopic (exact) mass is 848 g/mol. The summed E-state index contributed by atoms with van der Waals surface area (Å²) in [6.45, 7) is 0. The molecule has 0 aliphatic carbocycles. The standard InChI is InChI=1S/C14H8F6I.C6H3Cl2I.8FH/c15-13(16,17)9-1-5-11(6-2-9)21-12-7-3-10(4-8-12)14(18,19)20;7-4-1-2-6(9)5(8)3-4;;;;;;;;/h1-8H;1-3H;8*1H/q+1;;;;;;;;;/p-1. The number of hydrogen-bond acceptors (Lipinski definition) is 0. The van der Waals surface area contributed by atoms with Crippen molar-refractivity contribution in [2.45, 2.75) is 12.4 Å². The van der Waals surface area contributed by atoms with E-state index in [4.69, 9.17) is 23.2 Å². The Morgan fingerprint density at radius 2 is 0.868 bits per heavy atom. The van der Waals surface area contributed by atoms with Crippen molar-refractivity contribution in [3.63, 3.8) is 0 Å². The van der Waals surface area contributed by atoms with E-state index in [9.17, 15) is 26.3 Å². The van der Waals surface area contributed by atoms with Gasteiger partial charge in [0.15, 0.2) is 7.14 Å². The zero-order valence-corrected chi connectivity index (χ0v) is 23.7. The van der Waals surface area contributed by atoms with Crippen LogP contribution in [0.2, 0.25) is 10.0 Å². The summed E-state index contributed by atoms with van der Waals surface area (Å²) >= 11 is 12.7. The average molecular weight is 849 g/mol. The quantitative estimate of drug-likeness (QED) is 0.211. The van der Waals surface area contributed by atoms with Crippen LogP contribution in [0.3, 0.4) is 0 Å². The zero-order valence-electron chi connectivity index (χ0n) is 17.9. The van der Waals surface area contributed by atoms with Crippen LogP contribution in [0.5, 0.6) is 0 Å². The third-order valence-electron chi connectivity index (χ3n) is 3.44. The van der Waals surface area contributed by atoms with E-state index in [1.807, 2.05) is 12.1 Å². The van der Waals surface area contributed by atoms with Crippen LogP contribution in [0.25, 0.3) is 0 Å². The van der Waals surface area contributed by atoms with Gasteiger partial charge in [-0.3, -0.25) is 32.9 Å². The Hall–Kier alpha value is -1.28. The molecule has 0 atom stereocenters. The summed E-state index contributed by atoms with van der Waals surface area (Å²) in [6, 6.07) is 14.8. The first-order valence-electron chi connectivity index (χ1n) is 7.96. The Kier molecular flexibility index (Phi) is 31.4. The predicted molar refractivity (Wildman–Crippen MR) is 127 cm³/mol. The van der Waals surface area contributed by atoms with Crippen molar-refractivity contribution >= 4 is 45.8 Å². The minimum absolute atomic E-state index is 0. The summed E-state index contributed by atoms with van der Waals surface area (Å²) in [7, 11) is 0. The highest BCUT2D eigenvalue weighted by atomic mass is 127. The van der Waals surface area contributed by atoms with Gasteiger partial charge in [0.25, 0.3) is 0 Å². The molecule has 3 aromatic carbocycles. The Balaban J connectivity index is -0.0000000995. The maximum absolute atomic E-state index is 12.4. The number of rotatable bonds is 2. The molecule has 0 bridgehead atoms. The maximum atomic E-state index is 12.4. The number of alkyl halides is 6. The SMILES string of the molecule is Clc1ccc(I)c(Cl)c1.F.F.F.F.F.F.F.FC(F)(F)c1ccc([I+]c2ccc(C(F)(F)F)cc2)cc1.[F-]. The normalized spacial score (nSPS) is 9.18. The zero-order chi connectivity index (χ0) is 22.5. The van der Waals surface area contributed by atoms with Gasteiger partial charge in [0, 0.05) is 8.59 Å². The second kappa shape index (κ2) is 22.5. The van der Waals surface area contributed by atoms with Crippen LogP contribution in [0.4, 0.5) is 59.3 Å². The second-order valence-electron chi connectivity index (χ2n) is 5.66. The molecule has 3 rings (SSSR count). The van der Waals surface area contributed by atoms with Crippen molar-refractivity contribution in [1.82, 2.24) is 0 Å². The molecule has 18 heteroatoms. The fourth-order valence-corrected chi connectivity index (χ4v) is 4.90. The van der Waals surface area contributed by atoms with E-state index in [0.717, 1.165) is 27.8 Å². The summed E-state index contributed by atoms with van der Waals surface area (Å²) in [4.78, 5) is 0. The molecule has 0 aromatic heterocycles. The van der Waals surface area contributed by atoms with E-state index in [-0.39, 0.29) is 37.6 Å². The summed E-state index contributed by atoms with van der Waals surface area (Å²) in [5.74, 6) is 0. The third kappa shape index (κ3) is 17.3. The van der Waals surface area contributed by atoms with Crippen molar-refractivity contribution in [1.29, 1.82) is 0 Å². The van der Waals surface area contributed by atoms with Gasteiger partial charge in [-0.05, 0) is 89.3 Å². The third-order valence-corrected chi connectivity index (χ3v) is 7.93. The van der Waals surface area contributed by atoms with Gasteiger partial charge in [-0.15, -0.1) is 0 Å². The topological polar surface area (TPSA) is 0 Å². The van der Waals surface area contributed by atoms with E-state index in [1.165, 1.54) is 24.3 Å². The lowest BCUT2D eigenvalue weighted by molar-refractivity contribution is -0.597. The van der Waals surface area contributed by atoms with Crippen LogP contribution in [0, 0.1) is 10.7 Å². The highest BCUT2D eigenvalue weighted by molar-refractivity contribution is 14.1. The molecule has 0 aliphatic rings. The van der Waals surface area contributed by atoms with Gasteiger partial charge in [0.1, 0.15) is 0 Å². The molecule has 0 saturated heterocycles. The van der Waals surface area contributed by atoms with Crippen molar-refractivity contribution in [2.75, 3.05) is 0 Å². The Morgan fingerprint density at radius 3 is 1.11 bits per heavy atom. The molecule has 224 valence electrons. The van der Waals surface area contributed by atoms with Crippen LogP contribution in [-0.2, 0) is 12.4 Å². The number of benzene rings is 3. The van der Waals surface area contributed by atoms with Crippen LogP contribution < -0.4 is 25.9 Å². The van der Waals surface area contributed by atoms with Crippen LogP contribution in [0.1, 0.15) is 11.1 Å². The average Bonchev–Trinajstić information content (AvgIpc) is 2.65. The van der Waals surface area contributed by atoms with E-state index in [2.05, 4.69) is 22.6 Å². The van der Waals surface area contributed by atoms with E-state index < -0.39 is 44.7 Å². The van der Waals surface area contributed by atoms with Gasteiger partial charge >= 0.3 is 33.6 Å². The second-order valence-corrected chi connectivity index (χ2v) is 10.7. The minimum Gasteiger partial charge on any atom is -1.00 e. The lowest BCUT2D eigenvalue weighted by Gasteiger charge is -2.05. The van der Waals surface area contributed by atoms with Crippen LogP contribution >= 0.6 is 45.8 Å². The molecule has 0 unspecified atom stereocenters. The summed E-state index contributed by atoms with van der Waals surface area (Å²) in [6.07, 6.45) is -8.77. The van der Waals surface area contributed by atoms with Crippen molar-refractivity contribution < 1.29 is 85.2 Å². The molecule has 0 spiro atoms. The van der Waals surface area contributed by atoms with E-state index in [1.54, 1.807) is 6.07 Å². The number of halogens is 18. The lowest BCUT2D eigenvalue weighted by Crippen LogP contribution is -3.61. The van der Waals surface area contributed by atoms with Crippen LogP contribution in [0.15, 0.2) is 66.7 Å². The smallest absolute Gasteiger partial charge is 0.416 e. The minimum atomic E-state index is -4.38. The summed E-state index contributed by atoms with van der Waals surface area (Å²) < 4.78 is 76.9. The molecule has 0 fully saturated rings. The highest BCUT2D eigenvalue weighted by Gasteiger charge is 2.32. The molecule has 0 amide bonds. The van der Waals surface area contributed by atoms with Gasteiger partial charge in [-0.25, -0.2) is 0 Å². The molecule has 0 saturated carbocycles. The van der Waals surface area contributed by atoms with Crippen molar-refractivity contribution in [2.24, 2.45) is 0 Å². The fourth-order valence-electron chi connectivity index (χ4n) is 2.00. The molecule has 0 nitrogen and oxygen atoms in total. The van der Waals surface area contributed by atoms with Gasteiger partial charge in [-0.2, -0.15) is 26.3 Å². The molecule has 0 N–H and O–H groups in total. The molecule has 0 heterocycles. The van der Waals surface area contributed by atoms with Gasteiger partial charge in [0.2, 0.25) is 0 Å². The summed E-state index contributed by atoms with van der Waals surface area (Å²) in [5.41, 5.74) is -1.47. The first-order valence-corrected chi connectivity index (χ1v) is 12.0. The van der Waals surface area contributed by atoms with Crippen LogP contribution in [-0.4, -0.2) is 0 Å². The molecular formula is C20H18Cl2F14I2. The maximum Gasteiger partial charge on any atom is 0.416 e. The molecule has 0 aliphatic heterocycles. The van der Waals surface area contributed by atoms with Gasteiger partial charge in [-0.1, -0.05) is 23.2 Å². The van der Waals surface area contributed by atoms with E-state index >= 15 is 0 Å². The summed E-state index contributed by atoms with van der Waals surface area (Å²) in [5, 5.41) is 1.39. The van der Waals surface area contributed by atoms with E-state index in [0.29, 0.717) is 17.2 Å². The Morgan fingerprint density at radius 1 is 0.553 bits per heavy atom. The Bertz CT molecular complexity index is 927. The van der Waals surface area contributed by atoms with Gasteiger partial charge < -0.3 is 4.70 Å². The largest absolute Gasteiger partial charge is 1.00 e. The van der Waals surface area contributed by atoms with Crippen molar-refractivity contribution in [3.05, 3.63) is 98.6 Å². The van der Waals surface area contributed by atoms with Gasteiger partial charge in [0.05, 0.1) is 16.1 Å². The molecule has 3 aromatic rings. The first-order chi connectivity index (χ1) is 13.9. The first kappa shape index (κ1) is 53.0. The molecule has 38 heavy (non-hydrogen) atoms. The fraction of sp³-hybridized carbons (Fsp3) is 0.100.